The van der Waals surface area contributed by atoms with Crippen molar-refractivity contribution in [2.45, 2.75) is 0 Å². The molecular formula is C50H34N2. The number of nitrogens with zero attached hydrogens (tertiary/aromatic N) is 2. The smallest absolute Gasteiger partial charge is 0.0541 e. The molecule has 0 unspecified atom stereocenters. The number of anilines is 3. The van der Waals surface area contributed by atoms with Gasteiger partial charge in [-0.25, -0.2) is 0 Å². The zero-order valence-electron chi connectivity index (χ0n) is 28.5. The lowest BCUT2D eigenvalue weighted by Gasteiger charge is -2.27. The second-order valence-electron chi connectivity index (χ2n) is 13.4. The quantitative estimate of drug-likeness (QED) is 0.161. The molecule has 0 aliphatic carbocycles. The highest BCUT2D eigenvalue weighted by Crippen LogP contribution is 2.40. The molecule has 0 N–H and O–H groups in total. The molecular weight excluding hydrogens is 629 g/mol. The average molecular weight is 663 g/mol. The molecule has 0 atom stereocenters. The van der Waals surface area contributed by atoms with Gasteiger partial charge >= 0.3 is 0 Å². The molecule has 2 nitrogen and oxygen atoms in total. The molecule has 0 aliphatic rings. The fourth-order valence-electron chi connectivity index (χ4n) is 7.87. The predicted molar refractivity (Wildman–Crippen MR) is 221 cm³/mol. The van der Waals surface area contributed by atoms with Gasteiger partial charge < -0.3 is 9.47 Å². The fraction of sp³-hybridized carbons (Fsp3) is 0. The van der Waals surface area contributed by atoms with Crippen LogP contribution >= 0.6 is 0 Å². The van der Waals surface area contributed by atoms with Gasteiger partial charge in [0.2, 0.25) is 0 Å². The molecule has 2 heteroatoms. The summed E-state index contributed by atoms with van der Waals surface area (Å²) in [7, 11) is 0. The van der Waals surface area contributed by atoms with E-state index in [1.807, 2.05) is 0 Å². The lowest BCUT2D eigenvalue weighted by atomic mass is 10.00. The molecule has 0 saturated carbocycles. The van der Waals surface area contributed by atoms with E-state index in [1.165, 1.54) is 65.6 Å². The Balaban J connectivity index is 1.08. The first kappa shape index (κ1) is 30.0. The van der Waals surface area contributed by atoms with E-state index in [1.54, 1.807) is 0 Å². The highest BCUT2D eigenvalue weighted by atomic mass is 15.1. The molecule has 10 aromatic rings. The normalized spacial score (nSPS) is 11.5. The third-order valence-corrected chi connectivity index (χ3v) is 10.3. The number of hydrogen-bond donors (Lipinski definition) is 0. The molecule has 52 heavy (non-hydrogen) atoms. The Labute approximate surface area is 303 Å². The van der Waals surface area contributed by atoms with Crippen LogP contribution in [-0.4, -0.2) is 4.57 Å². The van der Waals surface area contributed by atoms with Gasteiger partial charge in [0.15, 0.2) is 0 Å². The molecule has 0 amide bonds. The lowest BCUT2D eigenvalue weighted by Crippen LogP contribution is -2.10. The molecule has 244 valence electrons. The number of hydrogen-bond acceptors (Lipinski definition) is 1. The number of fused-ring (bicyclic) bond motifs is 6. The minimum Gasteiger partial charge on any atom is -0.310 e. The van der Waals surface area contributed by atoms with Crippen molar-refractivity contribution < 1.29 is 0 Å². The van der Waals surface area contributed by atoms with E-state index in [0.29, 0.717) is 0 Å². The number of para-hydroxylation sites is 2. The van der Waals surface area contributed by atoms with Gasteiger partial charge in [-0.05, 0) is 104 Å². The Morgan fingerprint density at radius 1 is 0.288 bits per heavy atom. The van der Waals surface area contributed by atoms with Crippen molar-refractivity contribution in [3.05, 3.63) is 206 Å². The molecule has 9 aromatic carbocycles. The van der Waals surface area contributed by atoms with Crippen molar-refractivity contribution >= 4 is 60.4 Å². The summed E-state index contributed by atoms with van der Waals surface area (Å²) in [4.78, 5) is 2.37. The largest absolute Gasteiger partial charge is 0.310 e. The van der Waals surface area contributed by atoms with Crippen LogP contribution in [0, 0.1) is 0 Å². The van der Waals surface area contributed by atoms with E-state index in [0.717, 1.165) is 22.7 Å². The van der Waals surface area contributed by atoms with E-state index in [2.05, 4.69) is 216 Å². The summed E-state index contributed by atoms with van der Waals surface area (Å²) >= 11 is 0. The van der Waals surface area contributed by atoms with Crippen molar-refractivity contribution in [1.82, 2.24) is 4.57 Å². The summed E-state index contributed by atoms with van der Waals surface area (Å²) in [5.74, 6) is 0. The molecule has 0 saturated heterocycles. The third kappa shape index (κ3) is 5.12. The number of rotatable bonds is 6. The summed E-state index contributed by atoms with van der Waals surface area (Å²) in [5.41, 5.74) is 11.7. The standard InChI is InChI=1S/C50H34N2/c1-2-12-35(13-3-1)38-15-10-17-42(32-38)51(44-30-31-46-40(34-44)25-24-37-14-4-5-19-45(37)46)41-28-26-36(27-29-41)39-16-11-18-43(33-39)52-49-22-8-6-20-47(49)48-21-7-9-23-50(48)52/h1-34H. The van der Waals surface area contributed by atoms with Crippen LogP contribution in [0.1, 0.15) is 0 Å². The van der Waals surface area contributed by atoms with Gasteiger partial charge in [0.05, 0.1) is 11.0 Å². The number of aromatic nitrogens is 1. The summed E-state index contributed by atoms with van der Waals surface area (Å²) in [5, 5.41) is 7.55. The number of benzene rings is 9. The second-order valence-corrected chi connectivity index (χ2v) is 13.4. The maximum Gasteiger partial charge on any atom is 0.0541 e. The lowest BCUT2D eigenvalue weighted by molar-refractivity contribution is 1.18. The first-order valence-corrected chi connectivity index (χ1v) is 17.8. The molecule has 0 aliphatic heterocycles. The van der Waals surface area contributed by atoms with Crippen LogP contribution < -0.4 is 4.90 Å². The van der Waals surface area contributed by atoms with Gasteiger partial charge in [-0.1, -0.05) is 146 Å². The summed E-state index contributed by atoms with van der Waals surface area (Å²) in [6, 6.07) is 74.7. The SMILES string of the molecule is c1ccc(-c2cccc(N(c3ccc(-c4cccc(-n5c6ccccc6c6ccccc65)c4)cc3)c3ccc4c(ccc5ccccc54)c3)c2)cc1. The van der Waals surface area contributed by atoms with E-state index in [4.69, 9.17) is 0 Å². The molecule has 10 rings (SSSR count). The molecule has 1 heterocycles. The van der Waals surface area contributed by atoms with Gasteiger partial charge in [-0.15, -0.1) is 0 Å². The van der Waals surface area contributed by atoms with Gasteiger partial charge in [-0.3, -0.25) is 0 Å². The monoisotopic (exact) mass is 662 g/mol. The molecule has 0 bridgehead atoms. The second kappa shape index (κ2) is 12.5. The van der Waals surface area contributed by atoms with Crippen LogP contribution in [0.4, 0.5) is 17.1 Å². The van der Waals surface area contributed by atoms with E-state index < -0.39 is 0 Å². The minimum atomic E-state index is 1.10. The average Bonchev–Trinajstić information content (AvgIpc) is 3.56. The Morgan fingerprint density at radius 3 is 1.60 bits per heavy atom. The van der Waals surface area contributed by atoms with Crippen molar-refractivity contribution in [2.24, 2.45) is 0 Å². The van der Waals surface area contributed by atoms with Gasteiger partial charge in [0, 0.05) is 33.5 Å². The Morgan fingerprint density at radius 2 is 0.827 bits per heavy atom. The van der Waals surface area contributed by atoms with Crippen LogP contribution in [0.15, 0.2) is 206 Å². The van der Waals surface area contributed by atoms with Crippen LogP contribution in [-0.2, 0) is 0 Å². The van der Waals surface area contributed by atoms with Crippen molar-refractivity contribution in [3.63, 3.8) is 0 Å². The third-order valence-electron chi connectivity index (χ3n) is 10.3. The Kier molecular flexibility index (Phi) is 7.18. The zero-order valence-corrected chi connectivity index (χ0v) is 28.5. The summed E-state index contributed by atoms with van der Waals surface area (Å²) in [6.45, 7) is 0. The molecule has 1 aromatic heterocycles. The van der Waals surface area contributed by atoms with Crippen LogP contribution in [0.25, 0.3) is 71.3 Å². The maximum absolute atomic E-state index is 2.38. The molecule has 0 radical (unpaired) electrons. The van der Waals surface area contributed by atoms with Crippen LogP contribution in [0.3, 0.4) is 0 Å². The first-order valence-electron chi connectivity index (χ1n) is 17.8. The van der Waals surface area contributed by atoms with Gasteiger partial charge in [-0.2, -0.15) is 0 Å². The van der Waals surface area contributed by atoms with Crippen LogP contribution in [0.2, 0.25) is 0 Å². The van der Waals surface area contributed by atoms with E-state index in [-0.39, 0.29) is 0 Å². The Bertz CT molecular complexity index is 2850. The first-order chi connectivity index (χ1) is 25.8. The molecule has 0 spiro atoms. The fourth-order valence-corrected chi connectivity index (χ4v) is 7.87. The van der Waals surface area contributed by atoms with Gasteiger partial charge in [0.1, 0.15) is 0 Å². The van der Waals surface area contributed by atoms with Gasteiger partial charge in [0.25, 0.3) is 0 Å². The topological polar surface area (TPSA) is 8.17 Å². The van der Waals surface area contributed by atoms with E-state index >= 15 is 0 Å². The van der Waals surface area contributed by atoms with E-state index in [9.17, 15) is 0 Å². The Hall–Kier alpha value is -6.90. The predicted octanol–water partition coefficient (Wildman–Crippen LogP) is 13.9. The highest BCUT2D eigenvalue weighted by Gasteiger charge is 2.16. The summed E-state index contributed by atoms with van der Waals surface area (Å²) in [6.07, 6.45) is 0. The minimum absolute atomic E-state index is 1.10. The van der Waals surface area contributed by atoms with Crippen molar-refractivity contribution in [2.75, 3.05) is 4.90 Å². The van der Waals surface area contributed by atoms with Crippen molar-refractivity contribution in [3.8, 4) is 27.9 Å². The maximum atomic E-state index is 2.38. The van der Waals surface area contributed by atoms with Crippen molar-refractivity contribution in [1.29, 1.82) is 0 Å². The summed E-state index contributed by atoms with van der Waals surface area (Å²) < 4.78 is 2.38. The zero-order chi connectivity index (χ0) is 34.4. The van der Waals surface area contributed by atoms with Crippen LogP contribution in [0.5, 0.6) is 0 Å². The highest BCUT2D eigenvalue weighted by molar-refractivity contribution is 6.10. The molecule has 0 fully saturated rings.